The van der Waals surface area contributed by atoms with Crippen LogP contribution in [0.3, 0.4) is 0 Å². The maximum absolute atomic E-state index is 11.1. The summed E-state index contributed by atoms with van der Waals surface area (Å²) in [5, 5.41) is 21.8. The second-order valence-corrected chi connectivity index (χ2v) is 9.20. The molecule has 0 radical (unpaired) electrons. The highest BCUT2D eigenvalue weighted by molar-refractivity contribution is 5.35. The van der Waals surface area contributed by atoms with Crippen molar-refractivity contribution in [2.75, 3.05) is 39.3 Å². The number of β-amino-alcohol motifs (C(OH)–C–C–N with tert-alkyl or cyclic N) is 1. The van der Waals surface area contributed by atoms with E-state index in [4.69, 9.17) is 4.74 Å². The fourth-order valence-electron chi connectivity index (χ4n) is 5.07. The zero-order valence-corrected chi connectivity index (χ0v) is 19.3. The molecule has 2 atom stereocenters. The molecule has 7 heteroatoms. The van der Waals surface area contributed by atoms with Gasteiger partial charge in [0.15, 0.2) is 0 Å². The van der Waals surface area contributed by atoms with Crippen LogP contribution in [-0.2, 0) is 0 Å². The molecule has 2 unspecified atom stereocenters. The van der Waals surface area contributed by atoms with Crippen LogP contribution in [0.25, 0.3) is 0 Å². The Kier molecular flexibility index (Phi) is 8.31. The standard InChI is InChI=1S/C26H35N3O4/c30-26(22-9-4-10-23(18-22)29(31)32)20-28-16-6-12-25(28)21-8-5-11-24(19-21)33-17-7-15-27-13-2-1-3-14-27/h4-5,8-11,18-19,25-26,30H,1-3,6-7,12-17,20H2. The van der Waals surface area contributed by atoms with Gasteiger partial charge < -0.3 is 14.7 Å². The number of rotatable bonds is 10. The van der Waals surface area contributed by atoms with Crippen molar-refractivity contribution in [3.8, 4) is 5.75 Å². The number of piperidine rings is 1. The van der Waals surface area contributed by atoms with Crippen molar-refractivity contribution in [2.45, 2.75) is 50.7 Å². The van der Waals surface area contributed by atoms with Gasteiger partial charge in [-0.2, -0.15) is 0 Å². The summed E-state index contributed by atoms with van der Waals surface area (Å²) in [6.07, 6.45) is 6.36. The van der Waals surface area contributed by atoms with Crippen LogP contribution < -0.4 is 4.74 Å². The number of hydrogen-bond donors (Lipinski definition) is 1. The molecular weight excluding hydrogens is 418 g/mol. The number of ether oxygens (including phenoxy) is 1. The third kappa shape index (κ3) is 6.53. The Morgan fingerprint density at radius 3 is 2.70 bits per heavy atom. The first-order valence-corrected chi connectivity index (χ1v) is 12.2. The molecule has 4 rings (SSSR count). The predicted octanol–water partition coefficient (Wildman–Crippen LogP) is 4.72. The van der Waals surface area contributed by atoms with Crippen LogP contribution in [0, 0.1) is 10.1 Å². The zero-order chi connectivity index (χ0) is 23.0. The summed E-state index contributed by atoms with van der Waals surface area (Å²) in [5.41, 5.74) is 1.79. The molecule has 2 fully saturated rings. The first-order valence-electron chi connectivity index (χ1n) is 12.2. The Morgan fingerprint density at radius 1 is 1.06 bits per heavy atom. The summed E-state index contributed by atoms with van der Waals surface area (Å²) in [6.45, 7) is 5.61. The lowest BCUT2D eigenvalue weighted by Crippen LogP contribution is -2.31. The highest BCUT2D eigenvalue weighted by Crippen LogP contribution is 2.35. The van der Waals surface area contributed by atoms with Crippen LogP contribution in [0.4, 0.5) is 5.69 Å². The Labute approximate surface area is 196 Å². The quantitative estimate of drug-likeness (QED) is 0.319. The van der Waals surface area contributed by atoms with E-state index in [2.05, 4.69) is 21.9 Å². The fraction of sp³-hybridized carbons (Fsp3) is 0.538. The number of aliphatic hydroxyl groups is 1. The molecule has 1 N–H and O–H groups in total. The van der Waals surface area contributed by atoms with E-state index in [1.807, 2.05) is 12.1 Å². The van der Waals surface area contributed by atoms with E-state index in [9.17, 15) is 15.2 Å². The van der Waals surface area contributed by atoms with Gasteiger partial charge in [-0.25, -0.2) is 0 Å². The summed E-state index contributed by atoms with van der Waals surface area (Å²) < 4.78 is 6.06. The van der Waals surface area contributed by atoms with Crippen LogP contribution in [-0.4, -0.2) is 59.2 Å². The minimum atomic E-state index is -0.764. The molecule has 2 aromatic carbocycles. The second-order valence-electron chi connectivity index (χ2n) is 9.20. The van der Waals surface area contributed by atoms with E-state index < -0.39 is 11.0 Å². The minimum absolute atomic E-state index is 0.00894. The molecule has 0 aromatic heterocycles. The third-order valence-electron chi connectivity index (χ3n) is 6.82. The summed E-state index contributed by atoms with van der Waals surface area (Å²) in [5.74, 6) is 0.900. The first-order chi connectivity index (χ1) is 16.1. The lowest BCUT2D eigenvalue weighted by Gasteiger charge is -2.27. The Morgan fingerprint density at radius 2 is 1.88 bits per heavy atom. The van der Waals surface area contributed by atoms with Gasteiger partial charge in [0.05, 0.1) is 17.6 Å². The molecule has 2 aromatic rings. The molecule has 2 aliphatic heterocycles. The largest absolute Gasteiger partial charge is 0.494 e. The molecule has 0 bridgehead atoms. The van der Waals surface area contributed by atoms with Crippen LogP contribution in [0.15, 0.2) is 48.5 Å². The van der Waals surface area contributed by atoms with Gasteiger partial charge in [0.1, 0.15) is 5.75 Å². The topological polar surface area (TPSA) is 79.1 Å². The maximum atomic E-state index is 11.1. The number of nitro groups is 1. The number of nitro benzene ring substituents is 1. The van der Waals surface area contributed by atoms with Gasteiger partial charge in [0, 0.05) is 31.3 Å². The van der Waals surface area contributed by atoms with Crippen molar-refractivity contribution in [1.29, 1.82) is 0 Å². The van der Waals surface area contributed by atoms with E-state index in [1.165, 1.54) is 50.0 Å². The van der Waals surface area contributed by atoms with Crippen molar-refractivity contribution in [1.82, 2.24) is 9.80 Å². The highest BCUT2D eigenvalue weighted by Gasteiger charge is 2.28. The zero-order valence-electron chi connectivity index (χ0n) is 19.3. The number of aliphatic hydroxyl groups excluding tert-OH is 1. The van der Waals surface area contributed by atoms with Gasteiger partial charge in [-0.1, -0.05) is 30.7 Å². The summed E-state index contributed by atoms with van der Waals surface area (Å²) >= 11 is 0. The van der Waals surface area contributed by atoms with Crippen molar-refractivity contribution < 1.29 is 14.8 Å². The van der Waals surface area contributed by atoms with E-state index in [1.54, 1.807) is 12.1 Å². The SMILES string of the molecule is O=[N+]([O-])c1cccc(C(O)CN2CCCC2c2cccc(OCCCN3CCCCC3)c2)c1. The molecule has 0 spiro atoms. The van der Waals surface area contributed by atoms with Gasteiger partial charge in [-0.3, -0.25) is 15.0 Å². The van der Waals surface area contributed by atoms with Crippen molar-refractivity contribution in [3.05, 3.63) is 69.8 Å². The van der Waals surface area contributed by atoms with Gasteiger partial charge in [-0.15, -0.1) is 0 Å². The molecule has 2 heterocycles. The predicted molar refractivity (Wildman–Crippen MR) is 128 cm³/mol. The number of hydrogen-bond acceptors (Lipinski definition) is 6. The number of likely N-dealkylation sites (tertiary alicyclic amines) is 2. The molecule has 2 saturated heterocycles. The fourth-order valence-corrected chi connectivity index (χ4v) is 5.07. The first kappa shape index (κ1) is 23.7. The average Bonchev–Trinajstić information content (AvgIpc) is 3.31. The maximum Gasteiger partial charge on any atom is 0.269 e. The molecule has 0 saturated carbocycles. The molecule has 33 heavy (non-hydrogen) atoms. The van der Waals surface area contributed by atoms with Crippen LogP contribution >= 0.6 is 0 Å². The summed E-state index contributed by atoms with van der Waals surface area (Å²) in [6, 6.07) is 14.8. The van der Waals surface area contributed by atoms with E-state index in [0.717, 1.165) is 44.7 Å². The molecule has 7 nitrogen and oxygen atoms in total. The third-order valence-corrected chi connectivity index (χ3v) is 6.82. The van der Waals surface area contributed by atoms with Crippen LogP contribution in [0.5, 0.6) is 5.75 Å². The average molecular weight is 454 g/mol. The van der Waals surface area contributed by atoms with Gasteiger partial charge in [0.2, 0.25) is 0 Å². The lowest BCUT2D eigenvalue weighted by atomic mass is 10.0. The van der Waals surface area contributed by atoms with Crippen molar-refractivity contribution >= 4 is 5.69 Å². The minimum Gasteiger partial charge on any atom is -0.494 e. The summed E-state index contributed by atoms with van der Waals surface area (Å²) in [4.78, 5) is 15.5. The monoisotopic (exact) mass is 453 g/mol. The second kappa shape index (κ2) is 11.6. The van der Waals surface area contributed by atoms with Gasteiger partial charge >= 0.3 is 0 Å². The number of benzene rings is 2. The summed E-state index contributed by atoms with van der Waals surface area (Å²) in [7, 11) is 0. The smallest absolute Gasteiger partial charge is 0.269 e. The van der Waals surface area contributed by atoms with Crippen LogP contribution in [0.1, 0.15) is 61.8 Å². The Balaban J connectivity index is 1.32. The number of non-ortho nitro benzene ring substituents is 1. The highest BCUT2D eigenvalue weighted by atomic mass is 16.6. The van der Waals surface area contributed by atoms with Crippen molar-refractivity contribution in [3.63, 3.8) is 0 Å². The Hall–Kier alpha value is -2.48. The number of nitrogens with zero attached hydrogens (tertiary/aromatic N) is 3. The van der Waals surface area contributed by atoms with E-state index >= 15 is 0 Å². The molecular formula is C26H35N3O4. The Bertz CT molecular complexity index is 916. The molecule has 178 valence electrons. The van der Waals surface area contributed by atoms with E-state index in [-0.39, 0.29) is 11.7 Å². The lowest BCUT2D eigenvalue weighted by molar-refractivity contribution is -0.385. The molecule has 0 aliphatic carbocycles. The van der Waals surface area contributed by atoms with Crippen LogP contribution in [0.2, 0.25) is 0 Å². The molecule has 2 aliphatic rings. The van der Waals surface area contributed by atoms with Crippen molar-refractivity contribution in [2.24, 2.45) is 0 Å². The van der Waals surface area contributed by atoms with Gasteiger partial charge in [-0.05, 0) is 75.0 Å². The molecule has 0 amide bonds. The van der Waals surface area contributed by atoms with Gasteiger partial charge in [0.25, 0.3) is 5.69 Å². The normalized spacial score (nSPS) is 20.6. The van der Waals surface area contributed by atoms with E-state index in [0.29, 0.717) is 12.1 Å².